The first-order chi connectivity index (χ1) is 7.48. The molecular formula is C11H21NO3S. The van der Waals surface area contributed by atoms with Crippen molar-refractivity contribution in [1.29, 1.82) is 0 Å². The van der Waals surface area contributed by atoms with Gasteiger partial charge in [-0.25, -0.2) is 0 Å². The minimum Gasteiger partial charge on any atom is -0.330 e. The molecule has 0 aliphatic heterocycles. The van der Waals surface area contributed by atoms with E-state index in [-0.39, 0.29) is 11.2 Å². The number of hydrogen-bond acceptors (Lipinski definition) is 3. The quantitative estimate of drug-likeness (QED) is 0.739. The highest BCUT2D eigenvalue weighted by atomic mass is 32.2. The molecule has 0 unspecified atom stereocenters. The number of fused-ring (bicyclic) bond motifs is 2. The molecule has 2 rings (SSSR count). The lowest BCUT2D eigenvalue weighted by atomic mass is 9.55. The molecule has 0 aromatic rings. The van der Waals surface area contributed by atoms with Gasteiger partial charge in [0.15, 0.2) is 0 Å². The van der Waals surface area contributed by atoms with Crippen molar-refractivity contribution in [2.45, 2.75) is 38.5 Å². The number of hydrogen-bond donors (Lipinski definition) is 2. The Hall–Kier alpha value is -0.130. The van der Waals surface area contributed by atoms with Crippen LogP contribution in [-0.4, -0.2) is 25.3 Å². The van der Waals surface area contributed by atoms with Crippen molar-refractivity contribution >= 4 is 10.1 Å². The van der Waals surface area contributed by atoms with Gasteiger partial charge in [0.1, 0.15) is 0 Å². The van der Waals surface area contributed by atoms with Crippen LogP contribution in [0.15, 0.2) is 0 Å². The fraction of sp³-hybridized carbons (Fsp3) is 1.00. The van der Waals surface area contributed by atoms with Crippen molar-refractivity contribution in [2.24, 2.45) is 23.0 Å². The van der Waals surface area contributed by atoms with Crippen LogP contribution in [0.3, 0.4) is 0 Å². The Balaban J connectivity index is 2.30. The van der Waals surface area contributed by atoms with E-state index in [2.05, 4.69) is 0 Å². The molecule has 0 spiro atoms. The van der Waals surface area contributed by atoms with E-state index in [0.717, 1.165) is 25.7 Å². The Kier molecular flexibility index (Phi) is 3.29. The normalized spacial score (nSPS) is 39.6. The fourth-order valence-corrected chi connectivity index (χ4v) is 5.23. The van der Waals surface area contributed by atoms with E-state index >= 15 is 0 Å². The first-order valence-electron chi connectivity index (χ1n) is 6.13. The van der Waals surface area contributed by atoms with Gasteiger partial charge in [-0.15, -0.1) is 0 Å². The van der Waals surface area contributed by atoms with E-state index in [1.807, 2.05) is 0 Å². The van der Waals surface area contributed by atoms with Gasteiger partial charge in [-0.2, -0.15) is 8.42 Å². The van der Waals surface area contributed by atoms with Crippen molar-refractivity contribution in [3.8, 4) is 0 Å². The second-order valence-electron chi connectivity index (χ2n) is 5.42. The lowest BCUT2D eigenvalue weighted by molar-refractivity contribution is 0.00658. The molecule has 0 radical (unpaired) electrons. The molecule has 2 bridgehead atoms. The molecule has 0 aromatic heterocycles. The summed E-state index contributed by atoms with van der Waals surface area (Å²) in [4.78, 5) is 0. The fourth-order valence-electron chi connectivity index (χ4n) is 3.96. The van der Waals surface area contributed by atoms with Crippen LogP contribution in [0.2, 0.25) is 0 Å². The highest BCUT2D eigenvalue weighted by Gasteiger charge is 2.50. The lowest BCUT2D eigenvalue weighted by Gasteiger charge is -2.52. The number of rotatable bonds is 3. The Morgan fingerprint density at radius 1 is 1.12 bits per heavy atom. The molecule has 16 heavy (non-hydrogen) atoms. The van der Waals surface area contributed by atoms with Crippen LogP contribution in [0.4, 0.5) is 0 Å². The molecule has 0 aromatic carbocycles. The first-order valence-corrected chi connectivity index (χ1v) is 7.74. The molecule has 3 N–H and O–H groups in total. The van der Waals surface area contributed by atoms with E-state index < -0.39 is 10.1 Å². The third kappa shape index (κ3) is 2.13. The van der Waals surface area contributed by atoms with E-state index in [0.29, 0.717) is 18.4 Å². The van der Waals surface area contributed by atoms with E-state index in [1.165, 1.54) is 12.8 Å². The van der Waals surface area contributed by atoms with Crippen LogP contribution in [0, 0.1) is 17.3 Å². The van der Waals surface area contributed by atoms with Gasteiger partial charge >= 0.3 is 0 Å². The average molecular weight is 247 g/mol. The zero-order valence-corrected chi connectivity index (χ0v) is 10.4. The predicted molar refractivity (Wildman–Crippen MR) is 62.6 cm³/mol. The van der Waals surface area contributed by atoms with Crippen LogP contribution in [-0.2, 0) is 10.1 Å². The third-order valence-corrected chi connectivity index (χ3v) is 5.57. The smallest absolute Gasteiger partial charge is 0.265 e. The monoisotopic (exact) mass is 247 g/mol. The van der Waals surface area contributed by atoms with Gasteiger partial charge < -0.3 is 5.73 Å². The van der Waals surface area contributed by atoms with Gasteiger partial charge in [0.25, 0.3) is 10.1 Å². The van der Waals surface area contributed by atoms with Gasteiger partial charge in [-0.3, -0.25) is 4.55 Å². The summed E-state index contributed by atoms with van der Waals surface area (Å²) >= 11 is 0. The van der Waals surface area contributed by atoms with Gasteiger partial charge in [0.05, 0.1) is 5.75 Å². The van der Waals surface area contributed by atoms with Crippen molar-refractivity contribution in [1.82, 2.24) is 0 Å². The van der Waals surface area contributed by atoms with Crippen LogP contribution >= 0.6 is 0 Å². The molecule has 2 fully saturated rings. The largest absolute Gasteiger partial charge is 0.330 e. The van der Waals surface area contributed by atoms with Crippen LogP contribution in [0.1, 0.15) is 38.5 Å². The number of nitrogens with two attached hydrogens (primary N) is 1. The first kappa shape index (κ1) is 12.3. The zero-order valence-electron chi connectivity index (χ0n) is 9.56. The Morgan fingerprint density at radius 2 is 1.56 bits per heavy atom. The summed E-state index contributed by atoms with van der Waals surface area (Å²) < 4.78 is 31.5. The van der Waals surface area contributed by atoms with Gasteiger partial charge in [0, 0.05) is 5.41 Å². The zero-order chi connectivity index (χ0) is 11.8. The van der Waals surface area contributed by atoms with Crippen LogP contribution < -0.4 is 5.73 Å². The third-order valence-electron chi connectivity index (χ3n) is 4.67. The topological polar surface area (TPSA) is 80.4 Å². The molecule has 4 nitrogen and oxygen atoms in total. The summed E-state index contributed by atoms with van der Waals surface area (Å²) in [6, 6.07) is 0. The Labute approximate surface area is 97.3 Å². The van der Waals surface area contributed by atoms with Crippen molar-refractivity contribution < 1.29 is 13.0 Å². The highest BCUT2D eigenvalue weighted by Crippen LogP contribution is 2.53. The summed E-state index contributed by atoms with van der Waals surface area (Å²) in [6.45, 7) is 0.391. The van der Waals surface area contributed by atoms with Gasteiger partial charge in [-0.1, -0.05) is 12.8 Å². The molecule has 2 aliphatic rings. The summed E-state index contributed by atoms with van der Waals surface area (Å²) in [6.07, 6.45) is 6.66. The second-order valence-corrected chi connectivity index (χ2v) is 6.87. The van der Waals surface area contributed by atoms with Crippen molar-refractivity contribution in [3.63, 3.8) is 0 Å². The van der Waals surface area contributed by atoms with E-state index in [4.69, 9.17) is 10.3 Å². The summed E-state index contributed by atoms with van der Waals surface area (Å²) in [5.41, 5.74) is 5.52. The van der Waals surface area contributed by atoms with Gasteiger partial charge in [0.2, 0.25) is 0 Å². The van der Waals surface area contributed by atoms with Crippen molar-refractivity contribution in [3.05, 3.63) is 0 Å². The maximum absolute atomic E-state index is 11.2. The van der Waals surface area contributed by atoms with Crippen LogP contribution in [0.25, 0.3) is 0 Å². The maximum atomic E-state index is 11.2. The highest BCUT2D eigenvalue weighted by molar-refractivity contribution is 7.85. The molecule has 0 atom stereocenters. The Bertz CT molecular complexity index is 330. The van der Waals surface area contributed by atoms with Crippen LogP contribution in [0.5, 0.6) is 0 Å². The molecule has 0 amide bonds. The second kappa shape index (κ2) is 4.27. The van der Waals surface area contributed by atoms with Gasteiger partial charge in [-0.05, 0) is 44.1 Å². The average Bonchev–Trinajstić information content (AvgIpc) is 2.14. The predicted octanol–water partition coefficient (Wildman–Crippen LogP) is 1.42. The molecule has 94 valence electrons. The van der Waals surface area contributed by atoms with E-state index in [9.17, 15) is 8.42 Å². The molecule has 0 heterocycles. The minimum atomic E-state index is -3.92. The SMILES string of the molecule is NCC1(CS(=O)(=O)O)C2CCCC1CCC2. The van der Waals surface area contributed by atoms with Crippen molar-refractivity contribution in [2.75, 3.05) is 12.3 Å². The molecule has 5 heteroatoms. The van der Waals surface area contributed by atoms with E-state index in [1.54, 1.807) is 0 Å². The molecular weight excluding hydrogens is 226 g/mol. The summed E-state index contributed by atoms with van der Waals surface area (Å²) in [5, 5.41) is 0. The summed E-state index contributed by atoms with van der Waals surface area (Å²) in [5.74, 6) is 0.658. The molecule has 0 saturated heterocycles. The summed E-state index contributed by atoms with van der Waals surface area (Å²) in [7, 11) is -3.92. The minimum absolute atomic E-state index is 0.133. The Morgan fingerprint density at radius 3 is 1.88 bits per heavy atom. The molecule has 2 aliphatic carbocycles. The lowest BCUT2D eigenvalue weighted by Crippen LogP contribution is -2.53. The maximum Gasteiger partial charge on any atom is 0.265 e. The molecule has 2 saturated carbocycles. The standard InChI is InChI=1S/C11H21NO3S/c12-7-11(8-16(13,14)15)9-3-1-4-10(11)6-2-5-9/h9-10H,1-8,12H2,(H,13,14,15).